The van der Waals surface area contributed by atoms with Gasteiger partial charge in [-0.25, -0.2) is 4.98 Å². The molecule has 4 heteroatoms. The SMILES string of the molecule is CCc1nc(-c2ccc(OC(C)C)cc2)nn1C. The van der Waals surface area contributed by atoms with Crippen molar-refractivity contribution in [2.45, 2.75) is 33.3 Å². The molecule has 1 aromatic heterocycles. The second-order valence-corrected chi connectivity index (χ2v) is 4.52. The Hall–Kier alpha value is -1.84. The largest absolute Gasteiger partial charge is 0.491 e. The minimum Gasteiger partial charge on any atom is -0.491 e. The van der Waals surface area contributed by atoms with Crippen molar-refractivity contribution in [3.05, 3.63) is 30.1 Å². The van der Waals surface area contributed by atoms with Crippen LogP contribution in [-0.2, 0) is 13.5 Å². The van der Waals surface area contributed by atoms with Crippen LogP contribution in [0.2, 0.25) is 0 Å². The van der Waals surface area contributed by atoms with Crippen LogP contribution in [0.15, 0.2) is 24.3 Å². The van der Waals surface area contributed by atoms with E-state index in [-0.39, 0.29) is 6.10 Å². The van der Waals surface area contributed by atoms with Crippen LogP contribution in [0.5, 0.6) is 5.75 Å². The van der Waals surface area contributed by atoms with Crippen LogP contribution in [0.3, 0.4) is 0 Å². The molecule has 0 amide bonds. The minimum atomic E-state index is 0.190. The maximum atomic E-state index is 5.61. The molecule has 1 aromatic carbocycles. The summed E-state index contributed by atoms with van der Waals surface area (Å²) in [5.41, 5.74) is 1.02. The lowest BCUT2D eigenvalue weighted by Crippen LogP contribution is -2.05. The molecule has 18 heavy (non-hydrogen) atoms. The Bertz CT molecular complexity index is 514. The maximum Gasteiger partial charge on any atom is 0.181 e. The first-order valence-electron chi connectivity index (χ1n) is 6.27. The van der Waals surface area contributed by atoms with Crippen molar-refractivity contribution in [2.24, 2.45) is 7.05 Å². The Morgan fingerprint density at radius 2 is 1.89 bits per heavy atom. The number of hydrogen-bond donors (Lipinski definition) is 0. The summed E-state index contributed by atoms with van der Waals surface area (Å²) >= 11 is 0. The first kappa shape index (κ1) is 12.6. The van der Waals surface area contributed by atoms with E-state index in [1.54, 1.807) is 0 Å². The highest BCUT2D eigenvalue weighted by Crippen LogP contribution is 2.20. The van der Waals surface area contributed by atoms with Crippen LogP contribution in [0.4, 0.5) is 0 Å². The van der Waals surface area contributed by atoms with E-state index in [9.17, 15) is 0 Å². The van der Waals surface area contributed by atoms with Gasteiger partial charge < -0.3 is 4.74 Å². The van der Waals surface area contributed by atoms with Gasteiger partial charge in [-0.15, -0.1) is 0 Å². The van der Waals surface area contributed by atoms with Crippen LogP contribution in [-0.4, -0.2) is 20.9 Å². The molecule has 0 fully saturated rings. The number of nitrogens with zero attached hydrogens (tertiary/aromatic N) is 3. The quantitative estimate of drug-likeness (QED) is 0.831. The number of ether oxygens (including phenoxy) is 1. The summed E-state index contributed by atoms with van der Waals surface area (Å²) in [6.45, 7) is 6.11. The van der Waals surface area contributed by atoms with Crippen molar-refractivity contribution in [1.82, 2.24) is 14.8 Å². The predicted molar refractivity (Wildman–Crippen MR) is 71.6 cm³/mol. The fourth-order valence-electron chi connectivity index (χ4n) is 1.80. The van der Waals surface area contributed by atoms with Gasteiger partial charge >= 0.3 is 0 Å². The molecule has 1 heterocycles. The van der Waals surface area contributed by atoms with E-state index in [0.717, 1.165) is 29.4 Å². The minimum absolute atomic E-state index is 0.190. The Balaban J connectivity index is 2.22. The zero-order valence-corrected chi connectivity index (χ0v) is 11.3. The molecule has 0 spiro atoms. The van der Waals surface area contributed by atoms with E-state index >= 15 is 0 Å². The highest BCUT2D eigenvalue weighted by Gasteiger charge is 2.08. The third-order valence-corrected chi connectivity index (χ3v) is 2.65. The van der Waals surface area contributed by atoms with Gasteiger partial charge in [0.25, 0.3) is 0 Å². The van der Waals surface area contributed by atoms with Gasteiger partial charge in [-0.3, -0.25) is 4.68 Å². The summed E-state index contributed by atoms with van der Waals surface area (Å²) in [5, 5.41) is 4.41. The second kappa shape index (κ2) is 5.21. The summed E-state index contributed by atoms with van der Waals surface area (Å²) in [4.78, 5) is 4.50. The van der Waals surface area contributed by atoms with Gasteiger partial charge in [0, 0.05) is 19.0 Å². The van der Waals surface area contributed by atoms with Crippen LogP contribution < -0.4 is 4.74 Å². The van der Waals surface area contributed by atoms with E-state index < -0.39 is 0 Å². The zero-order valence-electron chi connectivity index (χ0n) is 11.3. The lowest BCUT2D eigenvalue weighted by molar-refractivity contribution is 0.242. The molecule has 0 aliphatic carbocycles. The van der Waals surface area contributed by atoms with E-state index in [1.165, 1.54) is 0 Å². The highest BCUT2D eigenvalue weighted by atomic mass is 16.5. The molecule has 2 aromatic rings. The molecule has 0 saturated carbocycles. The van der Waals surface area contributed by atoms with Gasteiger partial charge in [0.1, 0.15) is 11.6 Å². The van der Waals surface area contributed by atoms with Crippen molar-refractivity contribution in [3.8, 4) is 17.1 Å². The molecule has 0 unspecified atom stereocenters. The third-order valence-electron chi connectivity index (χ3n) is 2.65. The van der Waals surface area contributed by atoms with E-state index in [0.29, 0.717) is 0 Å². The lowest BCUT2D eigenvalue weighted by atomic mass is 10.2. The fraction of sp³-hybridized carbons (Fsp3) is 0.429. The van der Waals surface area contributed by atoms with E-state index in [1.807, 2.05) is 49.8 Å². The highest BCUT2D eigenvalue weighted by molar-refractivity contribution is 5.55. The summed E-state index contributed by atoms with van der Waals surface area (Å²) in [7, 11) is 1.92. The molecule has 0 saturated heterocycles. The number of aryl methyl sites for hydroxylation is 2. The Labute approximate surface area is 108 Å². The van der Waals surface area contributed by atoms with Gasteiger partial charge in [-0.2, -0.15) is 5.10 Å². The molecule has 0 radical (unpaired) electrons. The molecule has 2 rings (SSSR count). The topological polar surface area (TPSA) is 39.9 Å². The van der Waals surface area contributed by atoms with Crippen LogP contribution in [0, 0.1) is 0 Å². The normalized spacial score (nSPS) is 10.9. The van der Waals surface area contributed by atoms with Crippen molar-refractivity contribution in [2.75, 3.05) is 0 Å². The van der Waals surface area contributed by atoms with Crippen molar-refractivity contribution in [1.29, 1.82) is 0 Å². The average Bonchev–Trinajstić information content (AvgIpc) is 2.71. The smallest absolute Gasteiger partial charge is 0.181 e. The molecule has 0 aliphatic heterocycles. The van der Waals surface area contributed by atoms with Gasteiger partial charge in [0.2, 0.25) is 0 Å². The fourth-order valence-corrected chi connectivity index (χ4v) is 1.80. The molecule has 0 bridgehead atoms. The summed E-state index contributed by atoms with van der Waals surface area (Å²) in [6, 6.07) is 7.90. The summed E-state index contributed by atoms with van der Waals surface area (Å²) in [6.07, 6.45) is 1.08. The Morgan fingerprint density at radius 1 is 1.22 bits per heavy atom. The lowest BCUT2D eigenvalue weighted by Gasteiger charge is -2.09. The third kappa shape index (κ3) is 2.70. The molecule has 0 atom stereocenters. The van der Waals surface area contributed by atoms with E-state index in [2.05, 4.69) is 17.0 Å². The molecule has 0 aliphatic rings. The maximum absolute atomic E-state index is 5.61. The Morgan fingerprint density at radius 3 is 2.39 bits per heavy atom. The van der Waals surface area contributed by atoms with Crippen molar-refractivity contribution < 1.29 is 4.74 Å². The number of hydrogen-bond acceptors (Lipinski definition) is 3. The first-order valence-corrected chi connectivity index (χ1v) is 6.27. The van der Waals surface area contributed by atoms with Crippen LogP contribution >= 0.6 is 0 Å². The number of aromatic nitrogens is 3. The van der Waals surface area contributed by atoms with Gasteiger partial charge in [0.15, 0.2) is 5.82 Å². The summed E-state index contributed by atoms with van der Waals surface area (Å²) in [5.74, 6) is 2.64. The molecular formula is C14H19N3O. The number of benzene rings is 1. The zero-order chi connectivity index (χ0) is 13.1. The van der Waals surface area contributed by atoms with Crippen LogP contribution in [0.1, 0.15) is 26.6 Å². The van der Waals surface area contributed by atoms with Crippen molar-refractivity contribution >= 4 is 0 Å². The first-order chi connectivity index (χ1) is 8.60. The predicted octanol–water partition coefficient (Wildman–Crippen LogP) is 2.83. The molecule has 4 nitrogen and oxygen atoms in total. The molecular weight excluding hydrogens is 226 g/mol. The van der Waals surface area contributed by atoms with Crippen LogP contribution in [0.25, 0.3) is 11.4 Å². The van der Waals surface area contributed by atoms with Gasteiger partial charge in [-0.1, -0.05) is 6.92 Å². The van der Waals surface area contributed by atoms with Gasteiger partial charge in [-0.05, 0) is 38.1 Å². The van der Waals surface area contributed by atoms with E-state index in [4.69, 9.17) is 4.74 Å². The monoisotopic (exact) mass is 245 g/mol. The molecule has 0 N–H and O–H groups in total. The number of rotatable bonds is 4. The Kier molecular flexibility index (Phi) is 3.65. The van der Waals surface area contributed by atoms with Crippen molar-refractivity contribution in [3.63, 3.8) is 0 Å². The average molecular weight is 245 g/mol. The van der Waals surface area contributed by atoms with Gasteiger partial charge in [0.05, 0.1) is 6.10 Å². The second-order valence-electron chi connectivity index (χ2n) is 4.52. The molecule has 96 valence electrons. The standard InChI is InChI=1S/C14H19N3O/c1-5-13-15-14(16-17(13)4)11-6-8-12(9-7-11)18-10(2)3/h6-10H,5H2,1-4H3. The summed E-state index contributed by atoms with van der Waals surface area (Å²) < 4.78 is 7.44.